The summed E-state index contributed by atoms with van der Waals surface area (Å²) in [6.45, 7) is 7.24. The summed E-state index contributed by atoms with van der Waals surface area (Å²) in [4.78, 5) is 13.3. The van der Waals surface area contributed by atoms with Crippen LogP contribution in [0.25, 0.3) is 0 Å². The second-order valence-electron chi connectivity index (χ2n) is 6.48. The number of ether oxygens (including phenoxy) is 2. The van der Waals surface area contributed by atoms with Crippen molar-refractivity contribution in [3.63, 3.8) is 0 Å². The number of ketones is 1. The van der Waals surface area contributed by atoms with Gasteiger partial charge in [-0.2, -0.15) is 0 Å². The van der Waals surface area contributed by atoms with Crippen molar-refractivity contribution in [2.45, 2.75) is 32.5 Å². The number of rotatable bonds is 3. The number of hydrogen-bond acceptors (Lipinski definition) is 5. The molecule has 1 spiro atoms. The van der Waals surface area contributed by atoms with E-state index in [2.05, 4.69) is 6.58 Å². The summed E-state index contributed by atoms with van der Waals surface area (Å²) in [6.07, 6.45) is 2.36. The zero-order chi connectivity index (χ0) is 17.6. The minimum Gasteiger partial charge on any atom is -0.496 e. The summed E-state index contributed by atoms with van der Waals surface area (Å²) in [5.41, 5.74) is 1.89. The van der Waals surface area contributed by atoms with Crippen LogP contribution in [0.5, 0.6) is 11.5 Å². The van der Waals surface area contributed by atoms with Crippen molar-refractivity contribution >= 4 is 5.78 Å². The van der Waals surface area contributed by atoms with Crippen LogP contribution in [-0.2, 0) is 6.61 Å². The van der Waals surface area contributed by atoms with Crippen LogP contribution in [0.3, 0.4) is 0 Å². The number of allylic oxidation sites excluding steroid dienone is 2. The molecule has 0 saturated carbocycles. The predicted molar refractivity (Wildman–Crippen MR) is 89.4 cm³/mol. The van der Waals surface area contributed by atoms with Crippen molar-refractivity contribution in [3.05, 3.63) is 46.6 Å². The lowest BCUT2D eigenvalue weighted by molar-refractivity contribution is 0.0416. The Morgan fingerprint density at radius 1 is 1.42 bits per heavy atom. The monoisotopic (exact) mass is 330 g/mol. The lowest BCUT2D eigenvalue weighted by Gasteiger charge is -2.38. The smallest absolute Gasteiger partial charge is 0.218 e. The third-order valence-electron chi connectivity index (χ3n) is 5.11. The SMILES string of the molecule is C=C1C=C(CO)[C@@]2(Oc3c(C)c(CO)cc(OC)c3C2=O)[C@H](C)C1. The standard InChI is InChI=1S/C19H22O5/c1-10-5-11(2)19(14(6-10)9-21)18(22)16-15(23-4)7-13(8-20)12(3)17(16)24-19/h6-7,11,20-21H,1,5,8-9H2,2-4H3/t11-,19+/m1/s1. The number of carbonyl (C=O) groups excluding carboxylic acids is 1. The van der Waals surface area contributed by atoms with E-state index in [0.29, 0.717) is 40.2 Å². The Morgan fingerprint density at radius 2 is 2.12 bits per heavy atom. The molecule has 0 amide bonds. The summed E-state index contributed by atoms with van der Waals surface area (Å²) in [5, 5.41) is 19.4. The van der Waals surface area contributed by atoms with Gasteiger partial charge in [0.1, 0.15) is 17.1 Å². The Balaban J connectivity index is 2.26. The summed E-state index contributed by atoms with van der Waals surface area (Å²) < 4.78 is 11.6. The number of fused-ring (bicyclic) bond motifs is 1. The molecule has 2 aliphatic rings. The van der Waals surface area contributed by atoms with Crippen molar-refractivity contribution in [2.24, 2.45) is 5.92 Å². The number of methoxy groups -OCH3 is 1. The molecule has 128 valence electrons. The molecule has 2 N–H and O–H groups in total. The highest BCUT2D eigenvalue weighted by molar-refractivity contribution is 6.12. The summed E-state index contributed by atoms with van der Waals surface area (Å²) in [5.74, 6) is 0.443. The highest BCUT2D eigenvalue weighted by Crippen LogP contribution is 2.52. The van der Waals surface area contributed by atoms with Crippen molar-refractivity contribution in [1.29, 1.82) is 0 Å². The molecule has 1 aromatic rings. The van der Waals surface area contributed by atoms with Gasteiger partial charge in [0.25, 0.3) is 0 Å². The van der Waals surface area contributed by atoms with E-state index >= 15 is 0 Å². The van der Waals surface area contributed by atoms with E-state index in [4.69, 9.17) is 9.47 Å². The maximum Gasteiger partial charge on any atom is 0.218 e. The maximum atomic E-state index is 13.3. The molecular formula is C19H22O5. The Kier molecular flexibility index (Phi) is 4.01. The van der Waals surface area contributed by atoms with Crippen molar-refractivity contribution in [1.82, 2.24) is 0 Å². The van der Waals surface area contributed by atoms with E-state index < -0.39 is 5.60 Å². The number of Topliss-reactive ketones (excluding diaryl/α,β-unsaturated/α-hetero) is 1. The largest absolute Gasteiger partial charge is 0.496 e. The third-order valence-corrected chi connectivity index (χ3v) is 5.11. The highest BCUT2D eigenvalue weighted by atomic mass is 16.5. The third kappa shape index (κ3) is 2.05. The van der Waals surface area contributed by atoms with Crippen molar-refractivity contribution in [3.8, 4) is 11.5 Å². The Morgan fingerprint density at radius 3 is 2.71 bits per heavy atom. The van der Waals surface area contributed by atoms with E-state index in [0.717, 1.165) is 5.57 Å². The zero-order valence-electron chi connectivity index (χ0n) is 14.2. The van der Waals surface area contributed by atoms with Gasteiger partial charge in [-0.3, -0.25) is 4.79 Å². The number of hydrogen-bond donors (Lipinski definition) is 2. The zero-order valence-corrected chi connectivity index (χ0v) is 14.2. The van der Waals surface area contributed by atoms with Gasteiger partial charge in [0.2, 0.25) is 5.78 Å². The van der Waals surface area contributed by atoms with Crippen LogP contribution in [0.1, 0.15) is 34.8 Å². The van der Waals surface area contributed by atoms with Crippen LogP contribution in [0.4, 0.5) is 0 Å². The van der Waals surface area contributed by atoms with Crippen molar-refractivity contribution in [2.75, 3.05) is 13.7 Å². The minimum atomic E-state index is -1.23. The first kappa shape index (κ1) is 16.7. The van der Waals surface area contributed by atoms with E-state index in [1.807, 2.05) is 13.8 Å². The van der Waals surface area contributed by atoms with E-state index in [1.165, 1.54) is 7.11 Å². The van der Waals surface area contributed by atoms with Crippen molar-refractivity contribution < 1.29 is 24.5 Å². The number of aliphatic hydroxyl groups excluding tert-OH is 2. The van der Waals surface area contributed by atoms with E-state index in [-0.39, 0.29) is 24.9 Å². The topological polar surface area (TPSA) is 76.0 Å². The molecule has 0 fully saturated rings. The van der Waals surface area contributed by atoms with Crippen LogP contribution in [0.15, 0.2) is 29.9 Å². The van der Waals surface area contributed by atoms with Gasteiger partial charge < -0.3 is 19.7 Å². The van der Waals surface area contributed by atoms with Gasteiger partial charge in [0.15, 0.2) is 5.60 Å². The molecule has 1 heterocycles. The molecule has 0 radical (unpaired) electrons. The second kappa shape index (κ2) is 5.76. The fraction of sp³-hybridized carbons (Fsp3) is 0.421. The van der Waals surface area contributed by atoms with E-state index in [9.17, 15) is 15.0 Å². The molecule has 24 heavy (non-hydrogen) atoms. The summed E-state index contributed by atoms with van der Waals surface area (Å²) in [7, 11) is 1.49. The van der Waals surface area contributed by atoms with E-state index in [1.54, 1.807) is 12.1 Å². The first-order chi connectivity index (χ1) is 11.4. The van der Waals surface area contributed by atoms with Gasteiger partial charge in [0, 0.05) is 11.5 Å². The average Bonchev–Trinajstić information content (AvgIpc) is 2.87. The lowest BCUT2D eigenvalue weighted by atomic mass is 9.71. The molecule has 5 heteroatoms. The Bertz CT molecular complexity index is 762. The molecule has 1 aromatic carbocycles. The maximum absolute atomic E-state index is 13.3. The fourth-order valence-electron chi connectivity index (χ4n) is 3.81. The minimum absolute atomic E-state index is 0.168. The van der Waals surface area contributed by atoms with Crippen LogP contribution in [-0.4, -0.2) is 35.3 Å². The quantitative estimate of drug-likeness (QED) is 0.889. The molecule has 0 bridgehead atoms. The lowest BCUT2D eigenvalue weighted by Crippen LogP contribution is -2.51. The molecule has 1 aliphatic carbocycles. The van der Waals surface area contributed by atoms with Crippen LogP contribution in [0, 0.1) is 12.8 Å². The average molecular weight is 330 g/mol. The normalized spacial score (nSPS) is 25.5. The van der Waals surface area contributed by atoms with Gasteiger partial charge >= 0.3 is 0 Å². The van der Waals surface area contributed by atoms with Gasteiger partial charge in [-0.25, -0.2) is 0 Å². The highest BCUT2D eigenvalue weighted by Gasteiger charge is 2.57. The molecular weight excluding hydrogens is 308 g/mol. The van der Waals surface area contributed by atoms with Crippen LogP contribution < -0.4 is 9.47 Å². The van der Waals surface area contributed by atoms with Gasteiger partial charge in [-0.15, -0.1) is 0 Å². The molecule has 0 unspecified atom stereocenters. The molecule has 5 nitrogen and oxygen atoms in total. The molecule has 2 atom stereocenters. The second-order valence-corrected chi connectivity index (χ2v) is 6.48. The first-order valence-corrected chi connectivity index (χ1v) is 7.95. The summed E-state index contributed by atoms with van der Waals surface area (Å²) in [6, 6.07) is 1.67. The molecule has 1 aliphatic heterocycles. The van der Waals surface area contributed by atoms with Gasteiger partial charge in [-0.05, 0) is 30.5 Å². The first-order valence-electron chi connectivity index (χ1n) is 7.95. The predicted octanol–water partition coefficient (Wildman–Crippen LogP) is 2.32. The molecule has 0 saturated heterocycles. The fourth-order valence-corrected chi connectivity index (χ4v) is 3.81. The van der Waals surface area contributed by atoms with Gasteiger partial charge in [0.05, 0.1) is 20.3 Å². The Labute approximate surface area is 141 Å². The number of aliphatic hydroxyl groups is 2. The number of carbonyl (C=O) groups is 1. The van der Waals surface area contributed by atoms with Crippen LogP contribution >= 0.6 is 0 Å². The van der Waals surface area contributed by atoms with Gasteiger partial charge in [-0.1, -0.05) is 25.2 Å². The molecule has 0 aromatic heterocycles. The molecule has 3 rings (SSSR count). The van der Waals surface area contributed by atoms with Crippen LogP contribution in [0.2, 0.25) is 0 Å². The Hall–Kier alpha value is -2.11. The summed E-state index contributed by atoms with van der Waals surface area (Å²) >= 11 is 0. The number of benzene rings is 1.